The van der Waals surface area contributed by atoms with E-state index in [9.17, 15) is 19.0 Å². The molecule has 564 valence electrons. The number of esters is 2. The van der Waals surface area contributed by atoms with Gasteiger partial charge in [0, 0.05) is 12.8 Å². The van der Waals surface area contributed by atoms with Crippen LogP contribution in [-0.2, 0) is 32.7 Å². The van der Waals surface area contributed by atoms with Crippen LogP contribution in [-0.4, -0.2) is 70.0 Å². The molecule has 0 amide bonds. The summed E-state index contributed by atoms with van der Waals surface area (Å²) in [5.74, 6) is -0.807. The lowest BCUT2D eigenvalue weighted by Gasteiger charge is -2.28. The fraction of sp³-hybridized carbons (Fsp3) is 0.860. The summed E-state index contributed by atoms with van der Waals surface area (Å²) < 4.78 is 34.5. The van der Waals surface area contributed by atoms with Gasteiger partial charge in [-0.05, 0) is 77.0 Å². The first-order valence-electron chi connectivity index (χ1n) is 42.0. The summed E-state index contributed by atoms with van der Waals surface area (Å²) in [5.41, 5.74) is 0. The van der Waals surface area contributed by atoms with Crippen LogP contribution < -0.4 is 4.89 Å². The molecule has 0 aromatic rings. The first kappa shape index (κ1) is 93.7. The summed E-state index contributed by atoms with van der Waals surface area (Å²) in [6, 6.07) is 0. The van der Waals surface area contributed by atoms with Gasteiger partial charge in [-0.2, -0.15) is 0 Å². The highest BCUT2D eigenvalue weighted by Gasteiger charge is 2.22. The van der Waals surface area contributed by atoms with Crippen molar-refractivity contribution < 1.29 is 42.1 Å². The minimum atomic E-state index is -4.64. The molecule has 0 spiro atoms. The highest BCUT2D eigenvalue weighted by Crippen LogP contribution is 2.38. The van der Waals surface area contributed by atoms with Crippen molar-refractivity contribution in [1.29, 1.82) is 0 Å². The number of nitrogens with zero attached hydrogens (tertiary/aromatic N) is 1. The number of hydrogen-bond acceptors (Lipinski definition) is 8. The fourth-order valence-corrected chi connectivity index (χ4v) is 13.4. The zero-order chi connectivity index (χ0) is 69.7. The Morgan fingerprint density at radius 2 is 0.594 bits per heavy atom. The van der Waals surface area contributed by atoms with Crippen molar-refractivity contribution in [1.82, 2.24) is 0 Å². The Hall–Kier alpha value is -2.29. The van der Waals surface area contributed by atoms with Crippen molar-refractivity contribution >= 4 is 19.8 Å². The van der Waals surface area contributed by atoms with Crippen LogP contribution >= 0.6 is 7.82 Å². The number of phosphoric ester groups is 1. The molecule has 0 aromatic carbocycles. The second-order valence-electron chi connectivity index (χ2n) is 29.8. The van der Waals surface area contributed by atoms with Gasteiger partial charge < -0.3 is 27.9 Å². The maximum atomic E-state index is 12.9. The molecule has 0 aliphatic rings. The molecule has 10 heteroatoms. The zero-order valence-electron chi connectivity index (χ0n) is 64.6. The first-order valence-corrected chi connectivity index (χ1v) is 43.5. The summed E-state index contributed by atoms with van der Waals surface area (Å²) in [4.78, 5) is 38.2. The van der Waals surface area contributed by atoms with E-state index in [1.165, 1.54) is 334 Å². The Balaban J connectivity index is 3.88. The molecule has 0 saturated carbocycles. The molecule has 0 saturated heterocycles. The van der Waals surface area contributed by atoms with Gasteiger partial charge in [-0.25, -0.2) is 0 Å². The Kier molecular flexibility index (Phi) is 75.0. The Morgan fingerprint density at radius 1 is 0.333 bits per heavy atom. The van der Waals surface area contributed by atoms with Crippen LogP contribution in [0.2, 0.25) is 0 Å². The molecule has 0 aliphatic carbocycles. The lowest BCUT2D eigenvalue weighted by molar-refractivity contribution is -0.870. The third-order valence-electron chi connectivity index (χ3n) is 19.0. The van der Waals surface area contributed by atoms with E-state index in [0.29, 0.717) is 17.4 Å². The summed E-state index contributed by atoms with van der Waals surface area (Å²) >= 11 is 0. The minimum absolute atomic E-state index is 0.0278. The van der Waals surface area contributed by atoms with Crippen LogP contribution in [0.4, 0.5) is 0 Å². The molecule has 0 bridgehead atoms. The minimum Gasteiger partial charge on any atom is -0.756 e. The van der Waals surface area contributed by atoms with Gasteiger partial charge in [0.05, 0.1) is 27.7 Å². The average Bonchev–Trinajstić information content (AvgIpc) is 1.98. The van der Waals surface area contributed by atoms with Crippen molar-refractivity contribution in [3.05, 3.63) is 60.8 Å². The molecule has 0 heterocycles. The summed E-state index contributed by atoms with van der Waals surface area (Å²) in [6.45, 7) is 4.21. The highest BCUT2D eigenvalue weighted by atomic mass is 31.2. The molecule has 0 radical (unpaired) electrons. The second kappa shape index (κ2) is 76.9. The number of ether oxygens (including phenoxy) is 2. The molecule has 0 rings (SSSR count). The van der Waals surface area contributed by atoms with Gasteiger partial charge in [0.15, 0.2) is 6.10 Å². The van der Waals surface area contributed by atoms with E-state index in [4.69, 9.17) is 18.5 Å². The molecular formula is C86H162NO8P. The van der Waals surface area contributed by atoms with Crippen LogP contribution in [0.15, 0.2) is 60.8 Å². The molecule has 2 unspecified atom stereocenters. The molecule has 2 atom stereocenters. The third kappa shape index (κ3) is 80.7. The van der Waals surface area contributed by atoms with Crippen molar-refractivity contribution in [2.75, 3.05) is 47.5 Å². The third-order valence-corrected chi connectivity index (χ3v) is 20.0. The number of unbranched alkanes of at least 4 members (excludes halogenated alkanes) is 55. The number of rotatable bonds is 79. The van der Waals surface area contributed by atoms with Gasteiger partial charge in [-0.3, -0.25) is 14.2 Å². The Bertz CT molecular complexity index is 1800. The van der Waals surface area contributed by atoms with Gasteiger partial charge in [-0.1, -0.05) is 396 Å². The number of carbonyl (C=O) groups excluding carboxylic acids is 2. The molecule has 0 aliphatic heterocycles. The molecule has 0 fully saturated rings. The van der Waals surface area contributed by atoms with E-state index in [-0.39, 0.29) is 32.0 Å². The van der Waals surface area contributed by atoms with E-state index in [1.54, 1.807) is 0 Å². The van der Waals surface area contributed by atoms with E-state index >= 15 is 0 Å². The maximum absolute atomic E-state index is 12.9. The summed E-state index contributed by atoms with van der Waals surface area (Å²) in [7, 11) is 1.19. The fourth-order valence-electron chi connectivity index (χ4n) is 12.7. The van der Waals surface area contributed by atoms with E-state index in [0.717, 1.165) is 57.8 Å². The van der Waals surface area contributed by atoms with Gasteiger partial charge in [0.25, 0.3) is 7.82 Å². The highest BCUT2D eigenvalue weighted by molar-refractivity contribution is 7.45. The normalized spacial score (nSPS) is 13.3. The van der Waals surface area contributed by atoms with Crippen molar-refractivity contribution in [2.24, 2.45) is 0 Å². The second-order valence-corrected chi connectivity index (χ2v) is 31.2. The van der Waals surface area contributed by atoms with Crippen LogP contribution in [0.3, 0.4) is 0 Å². The SMILES string of the molecule is CC/C=C\C/C=C\C/C=C\C/C=C\CCCCCCCCCCCCCCCCCCCCCCCCCCCCC(=O)OC(COC(=O)CCCCCCCCCCCCCCCCCCCCCCC/C=C\CCCCCCCCCC)COP(=O)([O-])OCC[N+](C)(C)C. The molecule has 96 heavy (non-hydrogen) atoms. The standard InChI is InChI=1S/C86H162NO8P/c1-6-8-10-12-14-16-18-20-22-24-26-28-30-32-34-36-38-40-41-42-43-44-45-47-49-51-53-55-57-59-61-63-65-67-69-71-73-75-77-79-86(89)95-84(83-94-96(90,91)93-81-80-87(3,4)5)82-92-85(88)78-76-74-72-70-68-66-64-62-60-58-56-54-52-50-48-46-39-37-35-33-31-29-27-25-23-21-19-17-15-13-11-9-7-2/h8,10,14,16,20,22,25-28,84H,6-7,9,11-13,15,17-19,21,23-24,29-83H2,1-5H3/b10-8-,16-14-,22-20-,27-25-,28-26-. The van der Waals surface area contributed by atoms with Crippen LogP contribution in [0.1, 0.15) is 425 Å². The monoisotopic (exact) mass is 1370 g/mol. The van der Waals surface area contributed by atoms with E-state index < -0.39 is 26.5 Å². The molecular weight excluding hydrogens is 1210 g/mol. The van der Waals surface area contributed by atoms with Crippen LogP contribution in [0.5, 0.6) is 0 Å². The van der Waals surface area contributed by atoms with Crippen molar-refractivity contribution in [3.8, 4) is 0 Å². The summed E-state index contributed by atoms with van der Waals surface area (Å²) in [5, 5.41) is 0. The van der Waals surface area contributed by atoms with E-state index in [2.05, 4.69) is 74.6 Å². The van der Waals surface area contributed by atoms with Crippen LogP contribution in [0, 0.1) is 0 Å². The van der Waals surface area contributed by atoms with E-state index in [1.807, 2.05) is 21.1 Å². The lowest BCUT2D eigenvalue weighted by atomic mass is 10.0. The molecule has 9 nitrogen and oxygen atoms in total. The smallest absolute Gasteiger partial charge is 0.306 e. The van der Waals surface area contributed by atoms with Gasteiger partial charge in [-0.15, -0.1) is 0 Å². The number of allylic oxidation sites excluding steroid dienone is 10. The Morgan fingerprint density at radius 3 is 0.896 bits per heavy atom. The predicted molar refractivity (Wildman–Crippen MR) is 416 cm³/mol. The van der Waals surface area contributed by atoms with Gasteiger partial charge in [0.1, 0.15) is 19.8 Å². The maximum Gasteiger partial charge on any atom is 0.306 e. The molecule has 0 N–H and O–H groups in total. The zero-order valence-corrected chi connectivity index (χ0v) is 65.5. The molecule has 0 aromatic heterocycles. The predicted octanol–water partition coefficient (Wildman–Crippen LogP) is 27.4. The summed E-state index contributed by atoms with van der Waals surface area (Å²) in [6.07, 6.45) is 104. The first-order chi connectivity index (χ1) is 47.0. The topological polar surface area (TPSA) is 111 Å². The Labute approximate surface area is 597 Å². The number of quaternary nitrogens is 1. The quantitative estimate of drug-likeness (QED) is 0.0195. The average molecular weight is 1370 g/mol. The van der Waals surface area contributed by atoms with Crippen LogP contribution in [0.25, 0.3) is 0 Å². The van der Waals surface area contributed by atoms with Crippen molar-refractivity contribution in [2.45, 2.75) is 431 Å². The number of carbonyl (C=O) groups is 2. The largest absolute Gasteiger partial charge is 0.756 e. The lowest BCUT2D eigenvalue weighted by Crippen LogP contribution is -2.37. The van der Waals surface area contributed by atoms with Crippen molar-refractivity contribution in [3.63, 3.8) is 0 Å². The number of likely N-dealkylation sites (N-methyl/N-ethyl adjacent to an activating group) is 1. The number of hydrogen-bond donors (Lipinski definition) is 0. The van der Waals surface area contributed by atoms with Gasteiger partial charge >= 0.3 is 11.9 Å². The van der Waals surface area contributed by atoms with Gasteiger partial charge in [0.2, 0.25) is 0 Å². The number of phosphoric acid groups is 1.